The summed E-state index contributed by atoms with van der Waals surface area (Å²) < 4.78 is 15.2. The number of amides is 1. The van der Waals surface area contributed by atoms with E-state index >= 15 is 0 Å². The quantitative estimate of drug-likeness (QED) is 0.332. The van der Waals surface area contributed by atoms with Gasteiger partial charge in [0.1, 0.15) is 5.82 Å². The zero-order valence-corrected chi connectivity index (χ0v) is 17.6. The van der Waals surface area contributed by atoms with Crippen molar-refractivity contribution in [2.24, 2.45) is 5.10 Å². The molecule has 1 heterocycles. The van der Waals surface area contributed by atoms with Crippen LogP contribution < -0.4 is 5.43 Å². The molecule has 0 saturated carbocycles. The first-order chi connectivity index (χ1) is 13.9. The van der Waals surface area contributed by atoms with Gasteiger partial charge in [-0.3, -0.25) is 4.79 Å². The molecule has 0 fully saturated rings. The zero-order chi connectivity index (χ0) is 20.8. The molecule has 0 aliphatic rings. The smallest absolute Gasteiger partial charge is 0.240 e. The fourth-order valence-corrected chi connectivity index (χ4v) is 3.88. The molecular formula is C23H24FN3OS. The average Bonchev–Trinajstić information content (AvgIpc) is 2.98. The van der Waals surface area contributed by atoms with Crippen LogP contribution in [0.4, 0.5) is 4.39 Å². The fraction of sp³-hybridized carbons (Fsp3) is 0.217. The Balaban J connectivity index is 1.54. The molecule has 2 aromatic carbocycles. The summed E-state index contributed by atoms with van der Waals surface area (Å²) in [6.07, 6.45) is 2.04. The molecule has 0 unspecified atom stereocenters. The van der Waals surface area contributed by atoms with Gasteiger partial charge in [0.2, 0.25) is 5.91 Å². The minimum absolute atomic E-state index is 0.117. The van der Waals surface area contributed by atoms with Gasteiger partial charge < -0.3 is 4.57 Å². The van der Waals surface area contributed by atoms with Crippen molar-refractivity contribution < 1.29 is 9.18 Å². The van der Waals surface area contributed by atoms with Crippen molar-refractivity contribution in [1.29, 1.82) is 0 Å². The number of aryl methyl sites for hydroxylation is 2. The molecule has 4 nitrogen and oxygen atoms in total. The number of thioether (sulfide) groups is 1. The number of aromatic nitrogens is 1. The van der Waals surface area contributed by atoms with Crippen LogP contribution in [0.1, 0.15) is 28.9 Å². The van der Waals surface area contributed by atoms with Gasteiger partial charge in [0.05, 0.1) is 6.21 Å². The number of rotatable bonds is 7. The Hall–Kier alpha value is -2.86. The minimum Gasteiger partial charge on any atom is -0.318 e. The topological polar surface area (TPSA) is 46.4 Å². The highest BCUT2D eigenvalue weighted by Crippen LogP contribution is 2.20. The summed E-state index contributed by atoms with van der Waals surface area (Å²) in [6.45, 7) is 6.00. The Kier molecular flexibility index (Phi) is 6.88. The second-order valence-corrected chi connectivity index (χ2v) is 8.01. The van der Waals surface area contributed by atoms with E-state index in [4.69, 9.17) is 0 Å². The van der Waals surface area contributed by atoms with E-state index in [0.29, 0.717) is 12.2 Å². The Labute approximate surface area is 174 Å². The molecule has 6 heteroatoms. The largest absolute Gasteiger partial charge is 0.318 e. The number of benzene rings is 2. The van der Waals surface area contributed by atoms with E-state index in [1.54, 1.807) is 30.1 Å². The SMILES string of the molecule is Cc1ccc(SCCC(=O)N/N=C\c2cc(C)n(-c3ccc(F)cc3)c2C)cc1. The standard InChI is InChI=1S/C23H24FN3OS/c1-16-4-10-22(11-5-16)29-13-12-23(28)26-25-15-19-14-17(2)27(18(19)3)21-8-6-20(24)7-9-21/h4-11,14-15H,12-13H2,1-3H3,(H,26,28)/b25-15-. The van der Waals surface area contributed by atoms with Gasteiger partial charge in [0.25, 0.3) is 0 Å². The Morgan fingerprint density at radius 2 is 1.79 bits per heavy atom. The molecule has 3 rings (SSSR count). The molecule has 150 valence electrons. The zero-order valence-electron chi connectivity index (χ0n) is 16.8. The first kappa shape index (κ1) is 20.9. The summed E-state index contributed by atoms with van der Waals surface area (Å²) in [5.41, 5.74) is 7.59. The van der Waals surface area contributed by atoms with E-state index in [-0.39, 0.29) is 11.7 Å². The van der Waals surface area contributed by atoms with Crippen LogP contribution in [0.2, 0.25) is 0 Å². The lowest BCUT2D eigenvalue weighted by Crippen LogP contribution is -2.17. The fourth-order valence-electron chi connectivity index (χ4n) is 3.03. The lowest BCUT2D eigenvalue weighted by Gasteiger charge is -2.09. The molecule has 1 N–H and O–H groups in total. The third kappa shape index (κ3) is 5.57. The van der Waals surface area contributed by atoms with Gasteiger partial charge in [0, 0.05) is 39.7 Å². The number of hydrogen-bond acceptors (Lipinski definition) is 3. The average molecular weight is 410 g/mol. The molecule has 0 radical (unpaired) electrons. The van der Waals surface area contributed by atoms with E-state index in [1.165, 1.54) is 17.7 Å². The maximum absolute atomic E-state index is 13.2. The molecule has 29 heavy (non-hydrogen) atoms. The van der Waals surface area contributed by atoms with Crippen molar-refractivity contribution in [3.63, 3.8) is 0 Å². The number of nitrogens with one attached hydrogen (secondary N) is 1. The number of hydrogen-bond donors (Lipinski definition) is 1. The van der Waals surface area contributed by atoms with E-state index in [0.717, 1.165) is 27.5 Å². The summed E-state index contributed by atoms with van der Waals surface area (Å²) in [7, 11) is 0. The monoisotopic (exact) mass is 409 g/mol. The molecule has 1 aromatic heterocycles. The lowest BCUT2D eigenvalue weighted by atomic mass is 10.2. The molecule has 0 aliphatic carbocycles. The van der Waals surface area contributed by atoms with Crippen LogP contribution in [0.5, 0.6) is 0 Å². The predicted molar refractivity (Wildman–Crippen MR) is 117 cm³/mol. The third-order valence-corrected chi connectivity index (χ3v) is 5.58. The summed E-state index contributed by atoms with van der Waals surface area (Å²) in [6, 6.07) is 16.6. The first-order valence-corrected chi connectivity index (χ1v) is 10.4. The molecule has 3 aromatic rings. The highest BCUT2D eigenvalue weighted by molar-refractivity contribution is 7.99. The van der Waals surface area contributed by atoms with Crippen LogP contribution in [0.15, 0.2) is 64.6 Å². The Morgan fingerprint density at radius 1 is 1.10 bits per heavy atom. The number of carbonyl (C=O) groups is 1. The molecular weight excluding hydrogens is 385 g/mol. The molecule has 1 amide bonds. The van der Waals surface area contributed by atoms with Crippen molar-refractivity contribution in [2.45, 2.75) is 32.1 Å². The van der Waals surface area contributed by atoms with Crippen LogP contribution in [0.25, 0.3) is 5.69 Å². The van der Waals surface area contributed by atoms with Crippen LogP contribution in [0.3, 0.4) is 0 Å². The molecule has 0 bridgehead atoms. The van der Waals surface area contributed by atoms with Crippen molar-refractivity contribution in [3.05, 3.63) is 82.9 Å². The number of nitrogens with zero attached hydrogens (tertiary/aromatic N) is 2. The van der Waals surface area contributed by atoms with E-state index in [1.807, 2.05) is 24.5 Å². The van der Waals surface area contributed by atoms with Crippen LogP contribution in [0, 0.1) is 26.6 Å². The molecule has 0 spiro atoms. The maximum atomic E-state index is 13.2. The van der Waals surface area contributed by atoms with Gasteiger partial charge in [-0.2, -0.15) is 5.10 Å². The normalized spacial score (nSPS) is 11.2. The summed E-state index contributed by atoms with van der Waals surface area (Å²) in [5.74, 6) is 0.318. The van der Waals surface area contributed by atoms with E-state index < -0.39 is 0 Å². The van der Waals surface area contributed by atoms with Crippen LogP contribution >= 0.6 is 11.8 Å². The Bertz CT molecular complexity index is 1010. The second-order valence-electron chi connectivity index (χ2n) is 6.84. The lowest BCUT2D eigenvalue weighted by molar-refractivity contribution is -0.120. The van der Waals surface area contributed by atoms with Crippen LogP contribution in [-0.4, -0.2) is 22.4 Å². The highest BCUT2D eigenvalue weighted by Gasteiger charge is 2.09. The summed E-state index contributed by atoms with van der Waals surface area (Å²) >= 11 is 1.65. The number of carbonyl (C=O) groups excluding carboxylic acids is 1. The maximum Gasteiger partial charge on any atom is 0.240 e. The van der Waals surface area contributed by atoms with Crippen molar-refractivity contribution in [3.8, 4) is 5.69 Å². The molecule has 0 atom stereocenters. The predicted octanol–water partition coefficient (Wildman–Crippen LogP) is 5.17. The number of halogens is 1. The minimum atomic E-state index is -0.263. The van der Waals surface area contributed by atoms with Gasteiger partial charge in [0.15, 0.2) is 0 Å². The molecule has 0 aliphatic heterocycles. The first-order valence-electron chi connectivity index (χ1n) is 9.40. The highest BCUT2D eigenvalue weighted by atomic mass is 32.2. The van der Waals surface area contributed by atoms with Crippen molar-refractivity contribution >= 4 is 23.9 Å². The van der Waals surface area contributed by atoms with Gasteiger partial charge >= 0.3 is 0 Å². The number of hydrazone groups is 1. The van der Waals surface area contributed by atoms with Gasteiger partial charge in [-0.1, -0.05) is 17.7 Å². The van der Waals surface area contributed by atoms with Gasteiger partial charge in [-0.05, 0) is 63.2 Å². The second kappa shape index (κ2) is 9.56. The summed E-state index contributed by atoms with van der Waals surface area (Å²) in [4.78, 5) is 13.2. The van der Waals surface area contributed by atoms with E-state index in [2.05, 4.69) is 41.7 Å². The van der Waals surface area contributed by atoms with Crippen molar-refractivity contribution in [1.82, 2.24) is 9.99 Å². The van der Waals surface area contributed by atoms with Crippen LogP contribution in [-0.2, 0) is 4.79 Å². The third-order valence-electron chi connectivity index (χ3n) is 4.57. The van der Waals surface area contributed by atoms with Gasteiger partial charge in [-0.25, -0.2) is 9.82 Å². The summed E-state index contributed by atoms with van der Waals surface area (Å²) in [5, 5.41) is 4.09. The van der Waals surface area contributed by atoms with Gasteiger partial charge in [-0.15, -0.1) is 11.8 Å². The van der Waals surface area contributed by atoms with E-state index in [9.17, 15) is 9.18 Å². The Morgan fingerprint density at radius 3 is 2.48 bits per heavy atom. The molecule has 0 saturated heterocycles. The van der Waals surface area contributed by atoms with Crippen molar-refractivity contribution in [2.75, 3.05) is 5.75 Å².